The molecule has 0 saturated heterocycles. The van der Waals surface area contributed by atoms with Crippen molar-refractivity contribution in [2.24, 2.45) is 0 Å². The third-order valence-electron chi connectivity index (χ3n) is 2.32. The fourth-order valence-corrected chi connectivity index (χ4v) is 2.82. The van der Waals surface area contributed by atoms with Crippen LogP contribution in [0, 0.1) is 0 Å². The van der Waals surface area contributed by atoms with Crippen LogP contribution in [0.3, 0.4) is 0 Å². The van der Waals surface area contributed by atoms with Gasteiger partial charge >= 0.3 is 0 Å². The van der Waals surface area contributed by atoms with Crippen molar-refractivity contribution in [1.29, 1.82) is 0 Å². The van der Waals surface area contributed by atoms with Gasteiger partial charge in [0, 0.05) is 22.9 Å². The molecule has 0 spiro atoms. The molecule has 0 fully saturated rings. The van der Waals surface area contributed by atoms with Crippen LogP contribution in [0.25, 0.3) is 0 Å². The van der Waals surface area contributed by atoms with Crippen LogP contribution in [0.4, 0.5) is 5.69 Å². The molecule has 0 aliphatic rings. The summed E-state index contributed by atoms with van der Waals surface area (Å²) in [4.78, 5) is 0.157. The molecule has 5 nitrogen and oxygen atoms in total. The Kier molecular flexibility index (Phi) is 3.72. The summed E-state index contributed by atoms with van der Waals surface area (Å²) in [5.74, 6) is 0. The molecule has 1 heterocycles. The van der Waals surface area contributed by atoms with Crippen molar-refractivity contribution < 1.29 is 8.42 Å². The number of aromatic nitrogens is 2. The number of sulfonamides is 1. The minimum absolute atomic E-state index is 0.157. The number of hydrogen-bond donors (Lipinski definition) is 1. The molecule has 2 rings (SSSR count). The number of nitrogens with zero attached hydrogens (tertiary/aromatic N) is 2. The minimum atomic E-state index is -3.57. The number of rotatable bonds is 4. The van der Waals surface area contributed by atoms with Crippen molar-refractivity contribution in [3.05, 3.63) is 41.1 Å². The second-order valence-corrected chi connectivity index (χ2v) is 6.25. The molecular formula is C11H12BrN3O2S. The Morgan fingerprint density at radius 2 is 2.22 bits per heavy atom. The highest BCUT2D eigenvalue weighted by Gasteiger charge is 2.16. The van der Waals surface area contributed by atoms with Crippen LogP contribution < -0.4 is 4.72 Å². The van der Waals surface area contributed by atoms with Crippen LogP contribution in [0.2, 0.25) is 0 Å². The summed E-state index contributed by atoms with van der Waals surface area (Å²) >= 11 is 3.29. The van der Waals surface area contributed by atoms with E-state index < -0.39 is 10.0 Å². The lowest BCUT2D eigenvalue weighted by atomic mass is 10.3. The quantitative estimate of drug-likeness (QED) is 0.937. The largest absolute Gasteiger partial charge is 0.279 e. The van der Waals surface area contributed by atoms with Gasteiger partial charge in [0.25, 0.3) is 10.0 Å². The number of halogens is 1. The van der Waals surface area contributed by atoms with E-state index in [0.717, 1.165) is 4.47 Å². The van der Waals surface area contributed by atoms with Gasteiger partial charge in [-0.05, 0) is 25.1 Å². The molecule has 96 valence electrons. The summed E-state index contributed by atoms with van der Waals surface area (Å²) < 4.78 is 29.0. The third-order valence-corrected chi connectivity index (χ3v) is 4.15. The summed E-state index contributed by atoms with van der Waals surface area (Å²) in [5.41, 5.74) is 0.508. The van der Waals surface area contributed by atoms with E-state index >= 15 is 0 Å². The van der Waals surface area contributed by atoms with Gasteiger partial charge in [-0.2, -0.15) is 5.10 Å². The molecule has 1 aromatic carbocycles. The lowest BCUT2D eigenvalue weighted by Gasteiger charge is -2.06. The number of aryl methyl sites for hydroxylation is 1. The molecule has 1 N–H and O–H groups in total. The molecule has 0 radical (unpaired) electrons. The van der Waals surface area contributed by atoms with Crippen molar-refractivity contribution >= 4 is 31.6 Å². The first kappa shape index (κ1) is 13.1. The molecule has 0 amide bonds. The molecule has 0 saturated carbocycles. The van der Waals surface area contributed by atoms with Crippen LogP contribution in [-0.2, 0) is 16.6 Å². The molecule has 0 bridgehead atoms. The first-order chi connectivity index (χ1) is 8.51. The SMILES string of the molecule is CCn1cc(S(=O)(=O)Nc2cccc(Br)c2)cn1. The highest BCUT2D eigenvalue weighted by Crippen LogP contribution is 2.19. The van der Waals surface area contributed by atoms with Crippen molar-refractivity contribution in [1.82, 2.24) is 9.78 Å². The van der Waals surface area contributed by atoms with Gasteiger partial charge in [-0.15, -0.1) is 0 Å². The molecule has 7 heteroatoms. The Labute approximate surface area is 114 Å². The summed E-state index contributed by atoms with van der Waals surface area (Å²) in [5, 5.41) is 3.95. The van der Waals surface area contributed by atoms with E-state index in [1.165, 1.54) is 12.4 Å². The van der Waals surface area contributed by atoms with E-state index in [4.69, 9.17) is 0 Å². The maximum atomic E-state index is 12.1. The first-order valence-corrected chi connectivity index (χ1v) is 7.60. The monoisotopic (exact) mass is 329 g/mol. The second-order valence-electron chi connectivity index (χ2n) is 3.65. The molecule has 1 aromatic heterocycles. The van der Waals surface area contributed by atoms with Crippen LogP contribution in [0.15, 0.2) is 46.0 Å². The van der Waals surface area contributed by atoms with Crippen molar-refractivity contribution in [3.8, 4) is 0 Å². The smallest absolute Gasteiger partial charge is 0.265 e. The zero-order valence-corrected chi connectivity index (χ0v) is 12.1. The van der Waals surface area contributed by atoms with Crippen LogP contribution in [0.5, 0.6) is 0 Å². The van der Waals surface area contributed by atoms with Crippen molar-refractivity contribution in [3.63, 3.8) is 0 Å². The standard InChI is InChI=1S/C11H12BrN3O2S/c1-2-15-8-11(7-13-15)18(16,17)14-10-5-3-4-9(12)6-10/h3-8,14H,2H2,1H3. The van der Waals surface area contributed by atoms with Gasteiger partial charge in [-0.3, -0.25) is 9.40 Å². The minimum Gasteiger partial charge on any atom is -0.279 e. The zero-order chi connectivity index (χ0) is 13.2. The predicted molar refractivity (Wildman–Crippen MR) is 72.9 cm³/mol. The normalized spacial score (nSPS) is 11.4. The van der Waals surface area contributed by atoms with Gasteiger partial charge in [-0.1, -0.05) is 22.0 Å². The summed E-state index contributed by atoms with van der Waals surface area (Å²) in [7, 11) is -3.57. The Balaban J connectivity index is 2.27. The third kappa shape index (κ3) is 2.91. The van der Waals surface area contributed by atoms with E-state index in [1.54, 1.807) is 22.9 Å². The maximum absolute atomic E-state index is 12.1. The molecule has 0 aliphatic heterocycles. The number of benzene rings is 1. The topological polar surface area (TPSA) is 64.0 Å². The van der Waals surface area contributed by atoms with E-state index in [1.807, 2.05) is 13.0 Å². The molecule has 0 unspecified atom stereocenters. The molecule has 0 aliphatic carbocycles. The van der Waals surface area contributed by atoms with E-state index in [0.29, 0.717) is 12.2 Å². The van der Waals surface area contributed by atoms with Crippen molar-refractivity contribution in [2.45, 2.75) is 18.4 Å². The maximum Gasteiger partial charge on any atom is 0.265 e. The van der Waals surface area contributed by atoms with Gasteiger partial charge in [0.2, 0.25) is 0 Å². The Bertz CT molecular complexity index is 652. The average Bonchev–Trinajstić information content (AvgIpc) is 2.77. The van der Waals surface area contributed by atoms with E-state index in [9.17, 15) is 8.42 Å². The molecular weight excluding hydrogens is 318 g/mol. The Hall–Kier alpha value is -1.34. The van der Waals surface area contributed by atoms with Gasteiger partial charge in [-0.25, -0.2) is 8.42 Å². The Morgan fingerprint density at radius 1 is 1.44 bits per heavy atom. The fraction of sp³-hybridized carbons (Fsp3) is 0.182. The van der Waals surface area contributed by atoms with Crippen molar-refractivity contribution in [2.75, 3.05) is 4.72 Å². The summed E-state index contributed by atoms with van der Waals surface area (Å²) in [6, 6.07) is 6.97. The van der Waals surface area contributed by atoms with Gasteiger partial charge in [0.1, 0.15) is 4.90 Å². The van der Waals surface area contributed by atoms with Crippen LogP contribution >= 0.6 is 15.9 Å². The Morgan fingerprint density at radius 3 is 2.83 bits per heavy atom. The van der Waals surface area contributed by atoms with E-state index in [2.05, 4.69) is 25.8 Å². The number of hydrogen-bond acceptors (Lipinski definition) is 3. The highest BCUT2D eigenvalue weighted by atomic mass is 79.9. The molecule has 0 atom stereocenters. The molecule has 2 aromatic rings. The lowest BCUT2D eigenvalue weighted by molar-refractivity contribution is 0.600. The first-order valence-electron chi connectivity index (χ1n) is 5.32. The van der Waals surface area contributed by atoms with Gasteiger partial charge < -0.3 is 0 Å². The van der Waals surface area contributed by atoms with E-state index in [-0.39, 0.29) is 4.90 Å². The zero-order valence-electron chi connectivity index (χ0n) is 9.67. The van der Waals surface area contributed by atoms with Crippen LogP contribution in [-0.4, -0.2) is 18.2 Å². The fourth-order valence-electron chi connectivity index (χ4n) is 1.42. The molecule has 18 heavy (non-hydrogen) atoms. The highest BCUT2D eigenvalue weighted by molar-refractivity contribution is 9.10. The lowest BCUT2D eigenvalue weighted by Crippen LogP contribution is -2.12. The second kappa shape index (κ2) is 5.11. The summed E-state index contributed by atoms with van der Waals surface area (Å²) in [6.07, 6.45) is 2.84. The van der Waals surface area contributed by atoms with Gasteiger partial charge in [0.15, 0.2) is 0 Å². The van der Waals surface area contributed by atoms with Gasteiger partial charge in [0.05, 0.1) is 6.20 Å². The predicted octanol–water partition coefficient (Wildman–Crippen LogP) is 2.47. The number of anilines is 1. The summed E-state index contributed by atoms with van der Waals surface area (Å²) in [6.45, 7) is 2.53. The average molecular weight is 330 g/mol. The van der Waals surface area contributed by atoms with Crippen LogP contribution in [0.1, 0.15) is 6.92 Å². The number of nitrogens with one attached hydrogen (secondary N) is 1.